The van der Waals surface area contributed by atoms with Crippen LogP contribution in [0.25, 0.3) is 0 Å². The van der Waals surface area contributed by atoms with Crippen molar-refractivity contribution in [1.29, 1.82) is 0 Å². The zero-order valence-corrected chi connectivity index (χ0v) is 13.0. The predicted octanol–water partition coefficient (Wildman–Crippen LogP) is 4.19. The maximum absolute atomic E-state index is 5.73. The summed E-state index contributed by atoms with van der Waals surface area (Å²) in [7, 11) is 0. The van der Waals surface area contributed by atoms with Gasteiger partial charge in [0.1, 0.15) is 5.75 Å². The lowest BCUT2D eigenvalue weighted by atomic mass is 10.1. The molecule has 2 heteroatoms. The molecule has 0 atom stereocenters. The van der Waals surface area contributed by atoms with Crippen LogP contribution in [0.15, 0.2) is 24.3 Å². The first-order valence-corrected chi connectivity index (χ1v) is 7.48. The molecule has 0 aliphatic rings. The molecule has 1 N–H and O–H groups in total. The largest absolute Gasteiger partial charge is 0.494 e. The molecule has 0 aliphatic carbocycles. The summed E-state index contributed by atoms with van der Waals surface area (Å²) in [5.41, 5.74) is 1.60. The Kier molecular flexibility index (Phi) is 6.93. The van der Waals surface area contributed by atoms with E-state index < -0.39 is 0 Å². The van der Waals surface area contributed by atoms with Crippen LogP contribution in [0.1, 0.15) is 52.5 Å². The summed E-state index contributed by atoms with van der Waals surface area (Å²) in [5.74, 6) is 0.991. The summed E-state index contributed by atoms with van der Waals surface area (Å²) in [6.07, 6.45) is 4.65. The van der Waals surface area contributed by atoms with Gasteiger partial charge in [-0.1, -0.05) is 19.1 Å². The van der Waals surface area contributed by atoms with Crippen molar-refractivity contribution in [2.24, 2.45) is 0 Å². The summed E-state index contributed by atoms with van der Waals surface area (Å²) >= 11 is 0. The molecule has 0 bridgehead atoms. The molecule has 19 heavy (non-hydrogen) atoms. The van der Waals surface area contributed by atoms with Crippen LogP contribution in [0.4, 0.5) is 0 Å². The van der Waals surface area contributed by atoms with E-state index in [2.05, 4.69) is 57.3 Å². The third-order valence-corrected chi connectivity index (χ3v) is 3.08. The van der Waals surface area contributed by atoms with Crippen LogP contribution < -0.4 is 10.1 Å². The third kappa shape index (κ3) is 7.89. The zero-order valence-electron chi connectivity index (χ0n) is 13.0. The van der Waals surface area contributed by atoms with Crippen LogP contribution in [-0.4, -0.2) is 18.7 Å². The van der Waals surface area contributed by atoms with E-state index in [1.54, 1.807) is 0 Å². The number of nitrogens with one attached hydrogen (secondary N) is 1. The first-order valence-electron chi connectivity index (χ1n) is 7.48. The molecule has 0 aliphatic heterocycles. The Labute approximate surface area is 118 Å². The average molecular weight is 263 g/mol. The van der Waals surface area contributed by atoms with Crippen molar-refractivity contribution in [3.8, 4) is 5.75 Å². The molecule has 2 nitrogen and oxygen atoms in total. The minimum absolute atomic E-state index is 0.234. The fourth-order valence-electron chi connectivity index (χ4n) is 1.88. The van der Waals surface area contributed by atoms with Crippen molar-refractivity contribution in [3.63, 3.8) is 0 Å². The number of rotatable bonds is 8. The maximum atomic E-state index is 5.73. The van der Waals surface area contributed by atoms with Gasteiger partial charge in [0.15, 0.2) is 0 Å². The second-order valence-electron chi connectivity index (χ2n) is 6.08. The van der Waals surface area contributed by atoms with Crippen molar-refractivity contribution in [1.82, 2.24) is 5.32 Å². The van der Waals surface area contributed by atoms with Crippen LogP contribution in [-0.2, 0) is 6.42 Å². The van der Waals surface area contributed by atoms with Crippen LogP contribution >= 0.6 is 0 Å². The van der Waals surface area contributed by atoms with E-state index in [4.69, 9.17) is 4.74 Å². The predicted molar refractivity (Wildman–Crippen MR) is 82.9 cm³/mol. The minimum atomic E-state index is 0.234. The fourth-order valence-corrected chi connectivity index (χ4v) is 1.88. The molecular formula is C17H29NO. The lowest BCUT2D eigenvalue weighted by molar-refractivity contribution is 0.303. The first kappa shape index (κ1) is 16.0. The number of unbranched alkanes of at least 4 members (excludes halogenated alkanes) is 2. The first-order chi connectivity index (χ1) is 9.01. The third-order valence-electron chi connectivity index (χ3n) is 3.08. The average Bonchev–Trinajstić information content (AvgIpc) is 2.37. The number of aryl methyl sites for hydroxylation is 1. The monoisotopic (exact) mass is 263 g/mol. The Balaban J connectivity index is 2.04. The van der Waals surface area contributed by atoms with Gasteiger partial charge in [0, 0.05) is 5.54 Å². The van der Waals surface area contributed by atoms with E-state index in [1.165, 1.54) is 18.4 Å². The molecule has 0 fully saturated rings. The van der Waals surface area contributed by atoms with Gasteiger partial charge in [-0.05, 0) is 70.7 Å². The molecule has 0 radical (unpaired) electrons. The summed E-state index contributed by atoms with van der Waals surface area (Å²) in [6.45, 7) is 10.7. The van der Waals surface area contributed by atoms with Gasteiger partial charge in [0.25, 0.3) is 0 Å². The highest BCUT2D eigenvalue weighted by atomic mass is 16.5. The summed E-state index contributed by atoms with van der Waals surface area (Å²) in [5, 5.41) is 3.50. The zero-order chi connectivity index (χ0) is 14.1. The number of ether oxygens (including phenoxy) is 1. The minimum Gasteiger partial charge on any atom is -0.494 e. The summed E-state index contributed by atoms with van der Waals surface area (Å²) in [6, 6.07) is 8.42. The fraction of sp³-hybridized carbons (Fsp3) is 0.647. The molecule has 0 amide bonds. The Morgan fingerprint density at radius 1 is 1.00 bits per heavy atom. The van der Waals surface area contributed by atoms with E-state index in [0.29, 0.717) is 0 Å². The lowest BCUT2D eigenvalue weighted by Gasteiger charge is -2.20. The molecule has 1 aromatic carbocycles. The molecule has 1 aromatic rings. The van der Waals surface area contributed by atoms with E-state index in [9.17, 15) is 0 Å². The Hall–Kier alpha value is -1.02. The van der Waals surface area contributed by atoms with Gasteiger partial charge >= 0.3 is 0 Å². The van der Waals surface area contributed by atoms with Crippen LogP contribution in [0.3, 0.4) is 0 Å². The van der Waals surface area contributed by atoms with Gasteiger partial charge in [-0.3, -0.25) is 0 Å². The quantitative estimate of drug-likeness (QED) is 0.710. The van der Waals surface area contributed by atoms with Crippen LogP contribution in [0.2, 0.25) is 0 Å². The molecule has 0 unspecified atom stereocenters. The summed E-state index contributed by atoms with van der Waals surface area (Å²) < 4.78 is 5.73. The standard InChI is InChI=1S/C17H29NO/c1-5-15-9-11-16(12-10-15)19-14-8-6-7-13-18-17(2,3)4/h9-12,18H,5-8,13-14H2,1-4H3. The van der Waals surface area contributed by atoms with Gasteiger partial charge in [-0.25, -0.2) is 0 Å². The maximum Gasteiger partial charge on any atom is 0.119 e. The molecule has 108 valence electrons. The van der Waals surface area contributed by atoms with Gasteiger partial charge < -0.3 is 10.1 Å². The number of hydrogen-bond acceptors (Lipinski definition) is 2. The van der Waals surface area contributed by atoms with Crippen molar-refractivity contribution in [2.75, 3.05) is 13.2 Å². The van der Waals surface area contributed by atoms with Gasteiger partial charge in [-0.15, -0.1) is 0 Å². The molecule has 0 heterocycles. The van der Waals surface area contributed by atoms with Crippen molar-refractivity contribution >= 4 is 0 Å². The van der Waals surface area contributed by atoms with E-state index in [-0.39, 0.29) is 5.54 Å². The van der Waals surface area contributed by atoms with Gasteiger partial charge in [0.2, 0.25) is 0 Å². The number of benzene rings is 1. The lowest BCUT2D eigenvalue weighted by Crippen LogP contribution is -2.36. The topological polar surface area (TPSA) is 21.3 Å². The Bertz CT molecular complexity index is 337. The Morgan fingerprint density at radius 3 is 2.26 bits per heavy atom. The molecule has 0 saturated heterocycles. The molecular weight excluding hydrogens is 234 g/mol. The van der Waals surface area contributed by atoms with Crippen LogP contribution in [0.5, 0.6) is 5.75 Å². The van der Waals surface area contributed by atoms with Crippen molar-refractivity contribution in [3.05, 3.63) is 29.8 Å². The second kappa shape index (κ2) is 8.21. The Morgan fingerprint density at radius 2 is 1.68 bits per heavy atom. The van der Waals surface area contributed by atoms with E-state index in [1.807, 2.05) is 0 Å². The second-order valence-corrected chi connectivity index (χ2v) is 6.08. The molecule has 0 saturated carbocycles. The van der Waals surface area contributed by atoms with E-state index >= 15 is 0 Å². The van der Waals surface area contributed by atoms with Gasteiger partial charge in [0.05, 0.1) is 6.61 Å². The summed E-state index contributed by atoms with van der Waals surface area (Å²) in [4.78, 5) is 0. The van der Waals surface area contributed by atoms with E-state index in [0.717, 1.165) is 31.7 Å². The smallest absolute Gasteiger partial charge is 0.119 e. The normalized spacial score (nSPS) is 11.6. The van der Waals surface area contributed by atoms with Crippen molar-refractivity contribution < 1.29 is 4.74 Å². The highest BCUT2D eigenvalue weighted by molar-refractivity contribution is 5.27. The molecule has 0 aromatic heterocycles. The highest BCUT2D eigenvalue weighted by Crippen LogP contribution is 2.13. The van der Waals surface area contributed by atoms with Crippen LogP contribution in [0, 0.1) is 0 Å². The van der Waals surface area contributed by atoms with Gasteiger partial charge in [-0.2, -0.15) is 0 Å². The SMILES string of the molecule is CCc1ccc(OCCCCCNC(C)(C)C)cc1. The highest BCUT2D eigenvalue weighted by Gasteiger charge is 2.06. The molecule has 0 spiro atoms. The number of hydrogen-bond donors (Lipinski definition) is 1. The van der Waals surface area contributed by atoms with Crippen molar-refractivity contribution in [2.45, 2.75) is 58.9 Å². The molecule has 1 rings (SSSR count).